The Labute approximate surface area is 171 Å². The van der Waals surface area contributed by atoms with Gasteiger partial charge in [-0.15, -0.1) is 22.7 Å². The van der Waals surface area contributed by atoms with E-state index in [0.29, 0.717) is 5.13 Å². The molecule has 2 heterocycles. The molecule has 1 aromatic carbocycles. The maximum Gasteiger partial charge on any atom is 0.257 e. The first-order chi connectivity index (χ1) is 13.2. The Morgan fingerprint density at radius 2 is 1.96 bits per heavy atom. The molecule has 0 atom stereocenters. The zero-order valence-corrected chi connectivity index (χ0v) is 18.2. The number of sulfonamides is 1. The third-order valence-corrected chi connectivity index (χ3v) is 7.52. The van der Waals surface area contributed by atoms with E-state index in [1.165, 1.54) is 55.6 Å². The highest BCUT2D eigenvalue weighted by Gasteiger charge is 2.24. The van der Waals surface area contributed by atoms with E-state index in [9.17, 15) is 13.2 Å². The number of thiophene rings is 1. The minimum absolute atomic E-state index is 0.0680. The minimum Gasteiger partial charge on any atom is -0.495 e. The molecule has 1 amide bonds. The largest absolute Gasteiger partial charge is 0.495 e. The number of ether oxygens (including phenoxy) is 1. The minimum atomic E-state index is -3.76. The van der Waals surface area contributed by atoms with Crippen molar-refractivity contribution in [3.63, 3.8) is 0 Å². The van der Waals surface area contributed by atoms with Crippen molar-refractivity contribution in [3.8, 4) is 16.3 Å². The SMILES string of the molecule is COc1ccc(C(=O)Nc2nc(-c3ccc(C)s3)cs2)cc1S(=O)(=O)N(C)C. The van der Waals surface area contributed by atoms with Crippen LogP contribution in [0.1, 0.15) is 15.2 Å². The van der Waals surface area contributed by atoms with Crippen LogP contribution in [-0.4, -0.2) is 44.8 Å². The van der Waals surface area contributed by atoms with Crippen LogP contribution < -0.4 is 10.1 Å². The molecule has 3 aromatic rings. The summed E-state index contributed by atoms with van der Waals surface area (Å²) in [6, 6.07) is 8.29. The second-order valence-corrected chi connectivity index (χ2v) is 10.3. The molecule has 7 nitrogen and oxygen atoms in total. The quantitative estimate of drug-likeness (QED) is 0.635. The summed E-state index contributed by atoms with van der Waals surface area (Å²) in [7, 11) is 0.464. The Morgan fingerprint density at radius 3 is 2.57 bits per heavy atom. The maximum atomic E-state index is 12.6. The van der Waals surface area contributed by atoms with Crippen LogP contribution in [0.3, 0.4) is 0 Å². The molecular formula is C18H19N3O4S3. The van der Waals surface area contributed by atoms with Gasteiger partial charge in [0.1, 0.15) is 10.6 Å². The monoisotopic (exact) mass is 437 g/mol. The number of hydrogen-bond acceptors (Lipinski definition) is 7. The summed E-state index contributed by atoms with van der Waals surface area (Å²) in [6.07, 6.45) is 0. The molecular weight excluding hydrogens is 418 g/mol. The lowest BCUT2D eigenvalue weighted by Crippen LogP contribution is -2.23. The van der Waals surface area contributed by atoms with Crippen molar-refractivity contribution >= 4 is 43.7 Å². The van der Waals surface area contributed by atoms with Gasteiger partial charge in [0.15, 0.2) is 5.13 Å². The number of aryl methyl sites for hydroxylation is 1. The molecule has 0 aliphatic rings. The van der Waals surface area contributed by atoms with Crippen molar-refractivity contribution < 1.29 is 17.9 Å². The van der Waals surface area contributed by atoms with Crippen LogP contribution in [0.15, 0.2) is 40.6 Å². The van der Waals surface area contributed by atoms with Crippen LogP contribution in [-0.2, 0) is 10.0 Å². The van der Waals surface area contributed by atoms with Gasteiger partial charge in [-0.25, -0.2) is 17.7 Å². The van der Waals surface area contributed by atoms with Gasteiger partial charge in [0.05, 0.1) is 17.7 Å². The highest BCUT2D eigenvalue weighted by atomic mass is 32.2. The fourth-order valence-electron chi connectivity index (χ4n) is 2.40. The van der Waals surface area contributed by atoms with E-state index in [1.54, 1.807) is 11.3 Å². The number of nitrogens with one attached hydrogen (secondary N) is 1. The number of anilines is 1. The van der Waals surface area contributed by atoms with E-state index in [4.69, 9.17) is 4.74 Å². The maximum absolute atomic E-state index is 12.6. The summed E-state index contributed by atoms with van der Waals surface area (Å²) in [4.78, 5) is 19.2. The zero-order valence-electron chi connectivity index (χ0n) is 15.7. The second-order valence-electron chi connectivity index (χ2n) is 6.06. The Morgan fingerprint density at radius 1 is 1.21 bits per heavy atom. The molecule has 0 bridgehead atoms. The standard InChI is InChI=1S/C18H19N3O4S3/c1-11-5-8-15(27-11)13-10-26-18(19-13)20-17(22)12-6-7-14(25-4)16(9-12)28(23,24)21(2)3/h5-10H,1-4H3,(H,19,20,22). The number of hydrogen-bond donors (Lipinski definition) is 1. The number of rotatable bonds is 6. The first-order valence-electron chi connectivity index (χ1n) is 8.16. The molecule has 0 fully saturated rings. The predicted octanol–water partition coefficient (Wildman–Crippen LogP) is 3.69. The van der Waals surface area contributed by atoms with Crippen molar-refractivity contribution in [2.75, 3.05) is 26.5 Å². The molecule has 28 heavy (non-hydrogen) atoms. The summed E-state index contributed by atoms with van der Waals surface area (Å²) < 4.78 is 31.2. The second kappa shape index (κ2) is 8.00. The summed E-state index contributed by atoms with van der Waals surface area (Å²) in [5, 5.41) is 5.04. The van der Waals surface area contributed by atoms with Crippen LogP contribution in [0.25, 0.3) is 10.6 Å². The number of nitrogens with zero attached hydrogens (tertiary/aromatic N) is 2. The van der Waals surface area contributed by atoms with Gasteiger partial charge < -0.3 is 4.74 Å². The summed E-state index contributed by atoms with van der Waals surface area (Å²) in [5.41, 5.74) is 0.994. The average molecular weight is 438 g/mol. The van der Waals surface area contributed by atoms with Crippen molar-refractivity contribution in [1.29, 1.82) is 0 Å². The number of methoxy groups -OCH3 is 1. The number of aromatic nitrogens is 1. The molecule has 3 rings (SSSR count). The van der Waals surface area contributed by atoms with E-state index < -0.39 is 15.9 Å². The first-order valence-corrected chi connectivity index (χ1v) is 11.3. The van der Waals surface area contributed by atoms with Gasteiger partial charge in [-0.05, 0) is 37.3 Å². The Hall–Kier alpha value is -2.27. The third-order valence-electron chi connectivity index (χ3n) is 3.90. The molecule has 0 spiro atoms. The van der Waals surface area contributed by atoms with Crippen molar-refractivity contribution in [3.05, 3.63) is 46.2 Å². The number of thiazole rings is 1. The number of carbonyl (C=O) groups is 1. The van der Waals surface area contributed by atoms with Crippen molar-refractivity contribution in [1.82, 2.24) is 9.29 Å². The fourth-order valence-corrected chi connectivity index (χ4v) is 5.09. The fraction of sp³-hybridized carbons (Fsp3) is 0.222. The number of amides is 1. The van der Waals surface area contributed by atoms with Gasteiger partial charge in [0.2, 0.25) is 10.0 Å². The molecule has 0 saturated heterocycles. The van der Waals surface area contributed by atoms with Gasteiger partial charge in [-0.2, -0.15) is 0 Å². The lowest BCUT2D eigenvalue weighted by Gasteiger charge is -2.15. The highest BCUT2D eigenvalue weighted by Crippen LogP contribution is 2.31. The molecule has 0 radical (unpaired) electrons. The molecule has 0 unspecified atom stereocenters. The molecule has 0 aliphatic carbocycles. The zero-order chi connectivity index (χ0) is 20.5. The van der Waals surface area contributed by atoms with Crippen LogP contribution in [0.5, 0.6) is 5.75 Å². The van der Waals surface area contributed by atoms with Crippen LogP contribution in [0, 0.1) is 6.92 Å². The topological polar surface area (TPSA) is 88.6 Å². The molecule has 1 N–H and O–H groups in total. The summed E-state index contributed by atoms with van der Waals surface area (Å²) in [6.45, 7) is 2.02. The van der Waals surface area contributed by atoms with Gasteiger partial charge in [0, 0.05) is 29.9 Å². The summed E-state index contributed by atoms with van der Waals surface area (Å²) in [5.74, 6) is -0.268. The number of benzene rings is 1. The summed E-state index contributed by atoms with van der Waals surface area (Å²) >= 11 is 2.94. The Bertz CT molecular complexity index is 1120. The highest BCUT2D eigenvalue weighted by molar-refractivity contribution is 7.89. The molecule has 0 saturated carbocycles. The average Bonchev–Trinajstić information content (AvgIpc) is 3.29. The van der Waals surface area contributed by atoms with Crippen LogP contribution in [0.4, 0.5) is 5.13 Å². The third kappa shape index (κ3) is 4.09. The van der Waals surface area contributed by atoms with E-state index in [-0.39, 0.29) is 16.2 Å². The van der Waals surface area contributed by atoms with Crippen molar-refractivity contribution in [2.45, 2.75) is 11.8 Å². The number of carbonyl (C=O) groups excluding carboxylic acids is 1. The van der Waals surface area contributed by atoms with E-state index in [0.717, 1.165) is 14.9 Å². The molecule has 10 heteroatoms. The van der Waals surface area contributed by atoms with Gasteiger partial charge >= 0.3 is 0 Å². The van der Waals surface area contributed by atoms with E-state index in [1.807, 2.05) is 24.4 Å². The smallest absolute Gasteiger partial charge is 0.257 e. The lowest BCUT2D eigenvalue weighted by atomic mass is 10.2. The molecule has 2 aromatic heterocycles. The predicted molar refractivity (Wildman–Crippen MR) is 112 cm³/mol. The molecule has 0 aliphatic heterocycles. The van der Waals surface area contributed by atoms with Gasteiger partial charge in [0.25, 0.3) is 5.91 Å². The normalized spacial score (nSPS) is 11.6. The van der Waals surface area contributed by atoms with Gasteiger partial charge in [-0.1, -0.05) is 0 Å². The Balaban J connectivity index is 1.86. The van der Waals surface area contributed by atoms with Gasteiger partial charge in [-0.3, -0.25) is 10.1 Å². The Kier molecular flexibility index (Phi) is 5.84. The van der Waals surface area contributed by atoms with Crippen LogP contribution in [0.2, 0.25) is 0 Å². The van der Waals surface area contributed by atoms with Crippen molar-refractivity contribution in [2.24, 2.45) is 0 Å². The first kappa shape index (κ1) is 20.5. The van der Waals surface area contributed by atoms with E-state index in [2.05, 4.69) is 10.3 Å². The van der Waals surface area contributed by atoms with E-state index >= 15 is 0 Å². The molecule has 148 valence electrons. The van der Waals surface area contributed by atoms with Crippen LogP contribution >= 0.6 is 22.7 Å². The lowest BCUT2D eigenvalue weighted by molar-refractivity contribution is 0.102.